The predicted octanol–water partition coefficient (Wildman–Crippen LogP) is 2.87. The molecule has 2 aliphatic heterocycles. The molecule has 0 aliphatic carbocycles. The van der Waals surface area contributed by atoms with Gasteiger partial charge in [-0.25, -0.2) is 4.98 Å². The summed E-state index contributed by atoms with van der Waals surface area (Å²) in [5.74, 6) is 0.167. The van der Waals surface area contributed by atoms with E-state index in [2.05, 4.69) is 17.0 Å². The van der Waals surface area contributed by atoms with E-state index in [0.29, 0.717) is 19.5 Å². The second kappa shape index (κ2) is 8.41. The molecular formula is C22H23N3O4S. The van der Waals surface area contributed by atoms with Gasteiger partial charge in [0.05, 0.1) is 15.6 Å². The number of fused-ring (bicyclic) bond motifs is 3. The van der Waals surface area contributed by atoms with E-state index in [1.54, 1.807) is 11.3 Å². The summed E-state index contributed by atoms with van der Waals surface area (Å²) in [6.07, 6.45) is 1.39. The minimum absolute atomic E-state index is 0.0940. The van der Waals surface area contributed by atoms with Gasteiger partial charge in [0.25, 0.3) is 6.47 Å². The molecule has 1 saturated heterocycles. The summed E-state index contributed by atoms with van der Waals surface area (Å²) in [5.41, 5.74) is 2.64. The van der Waals surface area contributed by atoms with Gasteiger partial charge in [-0.1, -0.05) is 41.7 Å². The van der Waals surface area contributed by atoms with Crippen LogP contribution in [-0.4, -0.2) is 53.8 Å². The minimum atomic E-state index is -0.496. The number of aliphatic hydroxyl groups is 1. The van der Waals surface area contributed by atoms with Crippen molar-refractivity contribution in [2.24, 2.45) is 0 Å². The molecule has 7 nitrogen and oxygen atoms in total. The molecular weight excluding hydrogens is 402 g/mol. The van der Waals surface area contributed by atoms with Crippen LogP contribution in [0.3, 0.4) is 0 Å². The predicted molar refractivity (Wildman–Crippen MR) is 117 cm³/mol. The zero-order chi connectivity index (χ0) is 21.1. The van der Waals surface area contributed by atoms with Crippen molar-refractivity contribution in [3.63, 3.8) is 0 Å². The van der Waals surface area contributed by atoms with Gasteiger partial charge in [-0.3, -0.25) is 9.59 Å². The Morgan fingerprint density at radius 1 is 1.17 bits per heavy atom. The summed E-state index contributed by atoms with van der Waals surface area (Å²) in [6, 6.07) is 16.3. The molecule has 1 unspecified atom stereocenters. The lowest BCUT2D eigenvalue weighted by molar-refractivity contribution is -0.123. The maximum atomic E-state index is 13.4. The Bertz CT molecular complexity index is 1040. The van der Waals surface area contributed by atoms with E-state index in [9.17, 15) is 9.90 Å². The molecule has 1 amide bonds. The van der Waals surface area contributed by atoms with Gasteiger partial charge in [0.15, 0.2) is 5.13 Å². The molecule has 2 aromatic carbocycles. The lowest BCUT2D eigenvalue weighted by Crippen LogP contribution is -2.43. The molecule has 30 heavy (non-hydrogen) atoms. The molecule has 3 heterocycles. The van der Waals surface area contributed by atoms with Crippen LogP contribution in [0, 0.1) is 0 Å². The quantitative estimate of drug-likeness (QED) is 0.625. The number of anilines is 2. The average molecular weight is 426 g/mol. The van der Waals surface area contributed by atoms with Gasteiger partial charge in [0, 0.05) is 31.9 Å². The highest BCUT2D eigenvalue weighted by Crippen LogP contribution is 2.48. The van der Waals surface area contributed by atoms with Crippen molar-refractivity contribution in [2.45, 2.75) is 18.3 Å². The summed E-state index contributed by atoms with van der Waals surface area (Å²) < 4.78 is 1.18. The van der Waals surface area contributed by atoms with E-state index in [4.69, 9.17) is 14.9 Å². The molecule has 2 N–H and O–H groups in total. The molecule has 5 rings (SSSR count). The van der Waals surface area contributed by atoms with Crippen molar-refractivity contribution < 1.29 is 19.8 Å². The number of rotatable bonds is 4. The number of aromatic nitrogens is 1. The maximum Gasteiger partial charge on any atom is 0.290 e. The van der Waals surface area contributed by atoms with Crippen LogP contribution < -0.4 is 9.80 Å². The Morgan fingerprint density at radius 2 is 1.90 bits per heavy atom. The molecule has 0 bridgehead atoms. The van der Waals surface area contributed by atoms with Crippen LogP contribution in [0.15, 0.2) is 48.5 Å². The van der Waals surface area contributed by atoms with Gasteiger partial charge in [-0.2, -0.15) is 0 Å². The molecule has 3 aromatic rings. The minimum Gasteiger partial charge on any atom is -0.483 e. The number of carbonyl (C=O) groups is 2. The van der Waals surface area contributed by atoms with Crippen LogP contribution in [0.2, 0.25) is 0 Å². The molecule has 2 aliphatic rings. The van der Waals surface area contributed by atoms with Gasteiger partial charge in [0.2, 0.25) is 5.91 Å². The Balaban J connectivity index is 0.000000687. The lowest BCUT2D eigenvalue weighted by atomic mass is 9.81. The van der Waals surface area contributed by atoms with E-state index in [-0.39, 0.29) is 19.0 Å². The van der Waals surface area contributed by atoms with Gasteiger partial charge >= 0.3 is 0 Å². The van der Waals surface area contributed by atoms with Crippen molar-refractivity contribution in [2.75, 3.05) is 36.0 Å². The topological polar surface area (TPSA) is 94.0 Å². The number of nitrogens with zero attached hydrogens (tertiary/aromatic N) is 3. The summed E-state index contributed by atoms with van der Waals surface area (Å²) >= 11 is 1.69. The third kappa shape index (κ3) is 3.32. The zero-order valence-electron chi connectivity index (χ0n) is 16.4. The number of aliphatic hydroxyl groups excluding tert-OH is 1. The van der Waals surface area contributed by atoms with Gasteiger partial charge in [-0.05, 0) is 36.6 Å². The van der Waals surface area contributed by atoms with Crippen molar-refractivity contribution in [3.8, 4) is 0 Å². The van der Waals surface area contributed by atoms with Crippen molar-refractivity contribution >= 4 is 44.8 Å². The van der Waals surface area contributed by atoms with E-state index < -0.39 is 5.41 Å². The van der Waals surface area contributed by atoms with E-state index in [1.807, 2.05) is 41.3 Å². The molecule has 1 aromatic heterocycles. The third-order valence-corrected chi connectivity index (χ3v) is 6.82. The summed E-state index contributed by atoms with van der Waals surface area (Å²) in [7, 11) is 0. The fourth-order valence-electron chi connectivity index (χ4n) is 4.41. The summed E-state index contributed by atoms with van der Waals surface area (Å²) in [4.78, 5) is 30.7. The number of para-hydroxylation sites is 2. The molecule has 8 heteroatoms. The first-order valence-corrected chi connectivity index (χ1v) is 10.7. The number of hydrogen-bond acceptors (Lipinski definition) is 6. The SMILES string of the molecule is O=C1N(CCCO)c2ccccc2C12CCN(c1nc3ccccc3s1)C2.O=CO. The summed E-state index contributed by atoms with van der Waals surface area (Å²) in [6.45, 7) is 1.90. The number of carbonyl (C=O) groups excluding carboxylic acids is 1. The van der Waals surface area contributed by atoms with E-state index in [0.717, 1.165) is 34.9 Å². The first-order chi connectivity index (χ1) is 14.6. The van der Waals surface area contributed by atoms with Gasteiger partial charge in [-0.15, -0.1) is 0 Å². The van der Waals surface area contributed by atoms with Gasteiger partial charge < -0.3 is 20.0 Å². The van der Waals surface area contributed by atoms with Crippen molar-refractivity contribution in [1.82, 2.24) is 4.98 Å². The highest BCUT2D eigenvalue weighted by atomic mass is 32.1. The number of carboxylic acid groups (broad SMARTS) is 1. The van der Waals surface area contributed by atoms with Crippen molar-refractivity contribution in [1.29, 1.82) is 0 Å². The first-order valence-electron chi connectivity index (χ1n) is 9.85. The van der Waals surface area contributed by atoms with Crippen LogP contribution in [0.5, 0.6) is 0 Å². The number of hydrogen-bond donors (Lipinski definition) is 2. The Labute approximate surface area is 178 Å². The van der Waals surface area contributed by atoms with Crippen molar-refractivity contribution in [3.05, 3.63) is 54.1 Å². The molecule has 1 spiro atoms. The van der Waals surface area contributed by atoms with Crippen LogP contribution >= 0.6 is 11.3 Å². The number of benzene rings is 2. The van der Waals surface area contributed by atoms with Crippen LogP contribution in [-0.2, 0) is 15.0 Å². The summed E-state index contributed by atoms with van der Waals surface area (Å²) in [5, 5.41) is 17.1. The van der Waals surface area contributed by atoms with Gasteiger partial charge in [0.1, 0.15) is 0 Å². The maximum absolute atomic E-state index is 13.4. The monoisotopic (exact) mass is 425 g/mol. The number of amides is 1. The second-order valence-electron chi connectivity index (χ2n) is 7.37. The van der Waals surface area contributed by atoms with Crippen LogP contribution in [0.25, 0.3) is 10.2 Å². The molecule has 1 fully saturated rings. The largest absolute Gasteiger partial charge is 0.483 e. The first kappa shape index (κ1) is 20.3. The standard InChI is InChI=1S/C21H21N3O2S.CH2O2/c25-13-5-11-24-17-8-3-1-6-15(17)21(19(24)26)10-12-23(14-21)20-22-16-7-2-4-9-18(16)27-20;2-1-3/h1-4,6-9,25H,5,10-14H2;1H,(H,2,3). The Morgan fingerprint density at radius 3 is 2.67 bits per heavy atom. The fourth-order valence-corrected chi connectivity index (χ4v) is 5.40. The van der Waals surface area contributed by atoms with Crippen LogP contribution in [0.1, 0.15) is 18.4 Å². The Hall–Kier alpha value is -2.97. The van der Waals surface area contributed by atoms with E-state index in [1.165, 1.54) is 4.70 Å². The normalized spacial score (nSPS) is 19.8. The zero-order valence-corrected chi connectivity index (χ0v) is 17.2. The fraction of sp³-hybridized carbons (Fsp3) is 0.318. The lowest BCUT2D eigenvalue weighted by Gasteiger charge is -2.24. The molecule has 0 saturated carbocycles. The van der Waals surface area contributed by atoms with Crippen LogP contribution in [0.4, 0.5) is 10.8 Å². The third-order valence-electron chi connectivity index (χ3n) is 5.73. The number of thiazole rings is 1. The Kier molecular flexibility index (Phi) is 5.69. The smallest absolute Gasteiger partial charge is 0.290 e. The average Bonchev–Trinajstić information content (AvgIpc) is 3.45. The highest BCUT2D eigenvalue weighted by molar-refractivity contribution is 7.22. The molecule has 156 valence electrons. The second-order valence-corrected chi connectivity index (χ2v) is 8.38. The molecule has 0 radical (unpaired) electrons. The van der Waals surface area contributed by atoms with E-state index >= 15 is 0 Å². The molecule has 1 atom stereocenters. The highest BCUT2D eigenvalue weighted by Gasteiger charge is 2.54.